The van der Waals surface area contributed by atoms with Crippen LogP contribution in [0.1, 0.15) is 245 Å². The standard InChI is InChI=1S/C59H105NO7/c1-6-8-10-12-14-16-18-20-22-24-26-28-29-30-32-33-35-37-39-41-43-45-47-49-57(61)66-54-55(53-65-52-51-56(59(63)64)60(3,4)5)67-58(62)50-48-46-44-42-40-38-36-34-31-27-25-23-21-19-17-15-13-11-9-7-2/h9,11,15,17,21,23,27,31,36,38,55-56H,6-8,10,12-14,16,18-20,22,24-26,28-30,32-35,37,39-54H2,1-5H3/b11-9+,17-15+,23-21+,31-27+,38-36+. The maximum Gasteiger partial charge on any atom is 0.306 e. The molecule has 388 valence electrons. The van der Waals surface area contributed by atoms with Gasteiger partial charge in [-0.2, -0.15) is 0 Å². The van der Waals surface area contributed by atoms with Gasteiger partial charge in [0.1, 0.15) is 12.6 Å². The number of aliphatic carboxylic acids is 1. The van der Waals surface area contributed by atoms with Crippen molar-refractivity contribution in [2.24, 2.45) is 0 Å². The fourth-order valence-electron chi connectivity index (χ4n) is 8.16. The van der Waals surface area contributed by atoms with Crippen LogP contribution in [0, 0.1) is 0 Å². The number of nitrogens with zero attached hydrogens (tertiary/aromatic N) is 1. The second-order valence-corrected chi connectivity index (χ2v) is 19.8. The molecule has 0 radical (unpaired) electrons. The van der Waals surface area contributed by atoms with Crippen LogP contribution in [0.25, 0.3) is 0 Å². The number of quaternary nitrogens is 1. The highest BCUT2D eigenvalue weighted by atomic mass is 16.6. The van der Waals surface area contributed by atoms with E-state index in [2.05, 4.69) is 74.6 Å². The van der Waals surface area contributed by atoms with Crippen molar-refractivity contribution in [3.05, 3.63) is 60.8 Å². The van der Waals surface area contributed by atoms with Crippen molar-refractivity contribution < 1.29 is 38.2 Å². The highest BCUT2D eigenvalue weighted by Crippen LogP contribution is 2.17. The Morgan fingerprint density at radius 2 is 0.836 bits per heavy atom. The van der Waals surface area contributed by atoms with Crippen LogP contribution in [-0.2, 0) is 28.6 Å². The maximum absolute atomic E-state index is 12.8. The Labute approximate surface area is 413 Å². The first-order chi connectivity index (χ1) is 32.6. The third-order valence-corrected chi connectivity index (χ3v) is 12.4. The van der Waals surface area contributed by atoms with Crippen molar-refractivity contribution in [2.75, 3.05) is 41.0 Å². The molecule has 0 aliphatic rings. The number of rotatable bonds is 50. The second kappa shape index (κ2) is 49.5. The molecule has 67 heavy (non-hydrogen) atoms. The van der Waals surface area contributed by atoms with E-state index < -0.39 is 18.1 Å². The van der Waals surface area contributed by atoms with Gasteiger partial charge >= 0.3 is 11.9 Å². The highest BCUT2D eigenvalue weighted by molar-refractivity contribution is 5.70. The number of unbranched alkanes of at least 4 members (excludes halogenated alkanes) is 26. The van der Waals surface area contributed by atoms with Gasteiger partial charge in [0.25, 0.3) is 0 Å². The van der Waals surface area contributed by atoms with Crippen molar-refractivity contribution in [3.63, 3.8) is 0 Å². The Balaban J connectivity index is 4.21. The topological polar surface area (TPSA) is 102 Å². The smallest absolute Gasteiger partial charge is 0.306 e. The van der Waals surface area contributed by atoms with Crippen LogP contribution in [0.2, 0.25) is 0 Å². The molecule has 0 bridgehead atoms. The van der Waals surface area contributed by atoms with Crippen LogP contribution < -0.4 is 5.11 Å². The number of hydrogen-bond acceptors (Lipinski definition) is 7. The minimum absolute atomic E-state index is 0.0304. The highest BCUT2D eigenvalue weighted by Gasteiger charge is 2.25. The number of likely N-dealkylation sites (N-methyl/N-ethyl adjacent to an activating group) is 1. The van der Waals surface area contributed by atoms with Crippen molar-refractivity contribution >= 4 is 17.9 Å². The van der Waals surface area contributed by atoms with Gasteiger partial charge in [-0.1, -0.05) is 229 Å². The van der Waals surface area contributed by atoms with Crippen molar-refractivity contribution in [2.45, 2.75) is 257 Å². The zero-order valence-electron chi connectivity index (χ0n) is 44.3. The predicted molar refractivity (Wildman–Crippen MR) is 282 cm³/mol. The molecule has 0 aromatic rings. The lowest BCUT2D eigenvalue weighted by molar-refractivity contribution is -0.889. The first-order valence-electron chi connectivity index (χ1n) is 27.8. The molecule has 0 spiro atoms. The monoisotopic (exact) mass is 940 g/mol. The van der Waals surface area contributed by atoms with E-state index in [1.54, 1.807) is 21.1 Å². The Morgan fingerprint density at radius 1 is 0.463 bits per heavy atom. The Morgan fingerprint density at radius 3 is 1.24 bits per heavy atom. The lowest BCUT2D eigenvalue weighted by Crippen LogP contribution is -2.55. The molecule has 0 rings (SSSR count). The number of esters is 2. The molecule has 0 N–H and O–H groups in total. The molecule has 0 aromatic heterocycles. The molecule has 0 aliphatic heterocycles. The number of carboxylic acids is 1. The van der Waals surface area contributed by atoms with Crippen molar-refractivity contribution in [1.29, 1.82) is 0 Å². The second-order valence-electron chi connectivity index (χ2n) is 19.8. The van der Waals surface area contributed by atoms with Crippen molar-refractivity contribution in [3.8, 4) is 0 Å². The number of carboxylic acid groups (broad SMARTS) is 1. The molecule has 0 heterocycles. The summed E-state index contributed by atoms with van der Waals surface area (Å²) in [6.07, 6.45) is 62.6. The summed E-state index contributed by atoms with van der Waals surface area (Å²) < 4.78 is 17.3. The van der Waals surface area contributed by atoms with Crippen LogP contribution in [0.4, 0.5) is 0 Å². The van der Waals surface area contributed by atoms with Crippen LogP contribution >= 0.6 is 0 Å². The minimum atomic E-state index is -1.13. The lowest BCUT2D eigenvalue weighted by Gasteiger charge is -2.34. The van der Waals surface area contributed by atoms with E-state index >= 15 is 0 Å². The first-order valence-corrected chi connectivity index (χ1v) is 27.8. The largest absolute Gasteiger partial charge is 0.544 e. The SMILES string of the molecule is CC/C=C/C/C=C/C/C=C/C/C=C/C/C=C/CCCCCCC(=O)OC(COCCC(C(=O)[O-])[N+](C)(C)C)COC(=O)CCCCCCCCCCCCCCCCCCCCCCCCC. The number of ether oxygens (including phenoxy) is 3. The average molecular weight is 940 g/mol. The molecular weight excluding hydrogens is 835 g/mol. The summed E-state index contributed by atoms with van der Waals surface area (Å²) in [7, 11) is 5.41. The quantitative estimate of drug-likeness (QED) is 0.0259. The van der Waals surface area contributed by atoms with E-state index in [4.69, 9.17) is 14.2 Å². The lowest BCUT2D eigenvalue weighted by atomic mass is 10.0. The zero-order valence-corrected chi connectivity index (χ0v) is 44.3. The van der Waals surface area contributed by atoms with Gasteiger partial charge in [0.05, 0.1) is 40.3 Å². The number of carbonyl (C=O) groups is 3. The third-order valence-electron chi connectivity index (χ3n) is 12.4. The van der Waals surface area contributed by atoms with Crippen LogP contribution in [0.5, 0.6) is 0 Å². The molecule has 0 saturated heterocycles. The molecule has 0 amide bonds. The summed E-state index contributed by atoms with van der Waals surface area (Å²) in [6.45, 7) is 4.56. The average Bonchev–Trinajstić information content (AvgIpc) is 3.29. The summed E-state index contributed by atoms with van der Waals surface area (Å²) in [5.41, 5.74) is 0. The summed E-state index contributed by atoms with van der Waals surface area (Å²) in [6, 6.07) is -0.733. The van der Waals surface area contributed by atoms with E-state index in [0.29, 0.717) is 12.8 Å². The molecule has 0 aliphatic carbocycles. The predicted octanol–water partition coefficient (Wildman–Crippen LogP) is 15.1. The maximum atomic E-state index is 12.8. The molecule has 0 aromatic carbocycles. The van der Waals surface area contributed by atoms with Gasteiger partial charge < -0.3 is 28.6 Å². The molecule has 2 unspecified atom stereocenters. The van der Waals surface area contributed by atoms with Crippen LogP contribution in [0.3, 0.4) is 0 Å². The molecule has 8 heteroatoms. The molecule has 0 saturated carbocycles. The van der Waals surface area contributed by atoms with Gasteiger partial charge in [-0.05, 0) is 57.8 Å². The summed E-state index contributed by atoms with van der Waals surface area (Å²) in [5.74, 6) is -1.76. The number of carbonyl (C=O) groups excluding carboxylic acids is 3. The molecule has 8 nitrogen and oxygen atoms in total. The van der Waals surface area contributed by atoms with E-state index in [0.717, 1.165) is 83.5 Å². The van der Waals surface area contributed by atoms with E-state index in [1.165, 1.54) is 128 Å². The van der Waals surface area contributed by atoms with E-state index in [-0.39, 0.29) is 42.7 Å². The summed E-state index contributed by atoms with van der Waals surface area (Å²) >= 11 is 0. The molecule has 2 atom stereocenters. The molecule has 0 fully saturated rings. The zero-order chi connectivity index (χ0) is 49.2. The van der Waals surface area contributed by atoms with Crippen molar-refractivity contribution in [1.82, 2.24) is 0 Å². The molecular formula is C59H105NO7. The first kappa shape index (κ1) is 64.0. The van der Waals surface area contributed by atoms with Gasteiger partial charge in [-0.25, -0.2) is 0 Å². The number of hydrogen-bond donors (Lipinski definition) is 0. The van der Waals surface area contributed by atoms with Gasteiger partial charge in [-0.15, -0.1) is 0 Å². The number of allylic oxidation sites excluding steroid dienone is 10. The van der Waals surface area contributed by atoms with Gasteiger partial charge in [-0.3, -0.25) is 9.59 Å². The Hall–Kier alpha value is -2.97. The van der Waals surface area contributed by atoms with E-state index in [9.17, 15) is 19.5 Å². The van der Waals surface area contributed by atoms with Gasteiger partial charge in [0.15, 0.2) is 6.10 Å². The minimum Gasteiger partial charge on any atom is -0.544 e. The van der Waals surface area contributed by atoms with Gasteiger partial charge in [0, 0.05) is 19.3 Å². The van der Waals surface area contributed by atoms with Gasteiger partial charge in [0.2, 0.25) is 0 Å². The van der Waals surface area contributed by atoms with Crippen LogP contribution in [0.15, 0.2) is 60.8 Å². The van der Waals surface area contributed by atoms with E-state index in [1.807, 2.05) is 0 Å². The van der Waals surface area contributed by atoms with Crippen LogP contribution in [-0.4, -0.2) is 75.5 Å². The Kier molecular flexibility index (Phi) is 47.3. The third kappa shape index (κ3) is 47.9. The summed E-state index contributed by atoms with van der Waals surface area (Å²) in [4.78, 5) is 37.1. The normalized spacial score (nSPS) is 13.3. The fraction of sp³-hybridized carbons (Fsp3) is 0.780. The fourth-order valence-corrected chi connectivity index (χ4v) is 8.16. The summed E-state index contributed by atoms with van der Waals surface area (Å²) in [5, 5.41) is 11.7. The Bertz CT molecular complexity index is 1280.